The summed E-state index contributed by atoms with van der Waals surface area (Å²) < 4.78 is 6.41. The van der Waals surface area contributed by atoms with Crippen LogP contribution in [-0.2, 0) is 0 Å². The second-order valence-corrected chi connectivity index (χ2v) is 12.5. The molecule has 0 aliphatic rings. The lowest BCUT2D eigenvalue weighted by molar-refractivity contribution is 0.669. The molecule has 0 saturated carbocycles. The van der Waals surface area contributed by atoms with Gasteiger partial charge >= 0.3 is 0 Å². The van der Waals surface area contributed by atoms with E-state index in [9.17, 15) is 0 Å². The van der Waals surface area contributed by atoms with Crippen LogP contribution >= 0.6 is 0 Å². The Morgan fingerprint density at radius 3 is 1.79 bits per heavy atom. The molecule has 1 heterocycles. The van der Waals surface area contributed by atoms with Crippen LogP contribution in [0.2, 0.25) is 0 Å². The van der Waals surface area contributed by atoms with Crippen LogP contribution in [0.5, 0.6) is 0 Å². The average Bonchev–Trinajstić information content (AvgIpc) is 3.54. The second-order valence-electron chi connectivity index (χ2n) is 12.5. The van der Waals surface area contributed by atoms with E-state index in [1.54, 1.807) is 0 Å². The number of para-hydroxylation sites is 1. The largest absolute Gasteiger partial charge is 0.456 e. The fourth-order valence-electron chi connectivity index (χ4n) is 7.66. The monoisotopic (exact) mass is 611 g/mol. The highest BCUT2D eigenvalue weighted by molar-refractivity contribution is 6.24. The van der Waals surface area contributed by atoms with E-state index in [1.165, 1.54) is 54.2 Å². The standard InChI is InChI=1S/C46H29NO/c1-3-14-35-30(11-1)13-9-19-36(35)32-25-27-34(28-26-32)47(41-20-10-22-44-46(41)40-18-7-8-21-43(40)48-44)42-29-33-24-23-31-12-2-4-15-37(31)45(33)39-17-6-5-16-38(39)42/h1-29H. The summed E-state index contributed by atoms with van der Waals surface area (Å²) in [6, 6.07) is 63.3. The Morgan fingerprint density at radius 2 is 0.958 bits per heavy atom. The van der Waals surface area contributed by atoms with Gasteiger partial charge in [0.1, 0.15) is 11.2 Å². The van der Waals surface area contributed by atoms with Crippen molar-refractivity contribution in [2.45, 2.75) is 0 Å². The number of fused-ring (bicyclic) bond motifs is 9. The van der Waals surface area contributed by atoms with Gasteiger partial charge in [-0.3, -0.25) is 0 Å². The Kier molecular flexibility index (Phi) is 5.91. The van der Waals surface area contributed by atoms with Gasteiger partial charge in [-0.05, 0) is 85.2 Å². The van der Waals surface area contributed by atoms with E-state index in [2.05, 4.69) is 175 Å². The van der Waals surface area contributed by atoms with Gasteiger partial charge in [0.25, 0.3) is 0 Å². The Bertz CT molecular complexity index is 2840. The number of hydrogen-bond acceptors (Lipinski definition) is 2. The SMILES string of the molecule is c1ccc2c(-c3ccc(N(c4cc5ccc6ccccc6c5c5ccccc45)c4cccc5oc6ccccc6c45)cc3)cccc2c1. The van der Waals surface area contributed by atoms with E-state index in [4.69, 9.17) is 4.42 Å². The van der Waals surface area contributed by atoms with E-state index in [1.807, 2.05) is 6.07 Å². The lowest BCUT2D eigenvalue weighted by Gasteiger charge is -2.28. The van der Waals surface area contributed by atoms with Crippen molar-refractivity contribution in [1.82, 2.24) is 0 Å². The highest BCUT2D eigenvalue weighted by Crippen LogP contribution is 2.47. The quantitative estimate of drug-likeness (QED) is 0.184. The highest BCUT2D eigenvalue weighted by Gasteiger charge is 2.22. The van der Waals surface area contributed by atoms with Crippen LogP contribution in [0.4, 0.5) is 17.1 Å². The minimum Gasteiger partial charge on any atom is -0.456 e. The summed E-state index contributed by atoms with van der Waals surface area (Å²) in [5, 5.41) is 12.2. The summed E-state index contributed by atoms with van der Waals surface area (Å²) in [5.74, 6) is 0. The van der Waals surface area contributed by atoms with Crippen LogP contribution in [0.25, 0.3) is 76.2 Å². The van der Waals surface area contributed by atoms with Crippen molar-refractivity contribution < 1.29 is 4.42 Å². The fourth-order valence-corrected chi connectivity index (χ4v) is 7.66. The van der Waals surface area contributed by atoms with Crippen molar-refractivity contribution >= 4 is 82.1 Å². The maximum absolute atomic E-state index is 6.41. The Balaban J connectivity index is 1.27. The first-order chi connectivity index (χ1) is 23.8. The van der Waals surface area contributed by atoms with Crippen LogP contribution in [0.3, 0.4) is 0 Å². The first kappa shape index (κ1) is 26.8. The fraction of sp³-hybridized carbons (Fsp3) is 0. The van der Waals surface area contributed by atoms with Gasteiger partial charge in [0.2, 0.25) is 0 Å². The smallest absolute Gasteiger partial charge is 0.137 e. The van der Waals surface area contributed by atoms with Gasteiger partial charge in [-0.25, -0.2) is 0 Å². The van der Waals surface area contributed by atoms with Crippen LogP contribution in [-0.4, -0.2) is 0 Å². The molecule has 0 bridgehead atoms. The summed E-state index contributed by atoms with van der Waals surface area (Å²) in [7, 11) is 0. The first-order valence-corrected chi connectivity index (χ1v) is 16.4. The molecule has 10 rings (SSSR count). The molecule has 0 fully saturated rings. The third-order valence-electron chi connectivity index (χ3n) is 9.81. The maximum Gasteiger partial charge on any atom is 0.137 e. The molecule has 1 aromatic heterocycles. The molecule has 10 aromatic rings. The Hall–Kier alpha value is -6.38. The molecule has 0 saturated heterocycles. The van der Waals surface area contributed by atoms with Crippen molar-refractivity contribution in [3.63, 3.8) is 0 Å². The first-order valence-electron chi connectivity index (χ1n) is 16.4. The molecule has 9 aromatic carbocycles. The normalized spacial score (nSPS) is 11.8. The summed E-state index contributed by atoms with van der Waals surface area (Å²) in [5.41, 5.74) is 7.49. The lowest BCUT2D eigenvalue weighted by Crippen LogP contribution is -2.11. The molecule has 2 heteroatoms. The summed E-state index contributed by atoms with van der Waals surface area (Å²) in [6.07, 6.45) is 0. The van der Waals surface area contributed by atoms with Gasteiger partial charge in [0, 0.05) is 16.5 Å². The van der Waals surface area contributed by atoms with Crippen molar-refractivity contribution in [3.8, 4) is 11.1 Å². The summed E-state index contributed by atoms with van der Waals surface area (Å²) in [6.45, 7) is 0. The number of anilines is 3. The molecule has 0 aliphatic heterocycles. The predicted octanol–water partition coefficient (Wildman–Crippen LogP) is 13.3. The van der Waals surface area contributed by atoms with E-state index in [0.717, 1.165) is 39.0 Å². The number of hydrogen-bond donors (Lipinski definition) is 0. The van der Waals surface area contributed by atoms with Crippen molar-refractivity contribution in [2.75, 3.05) is 4.90 Å². The zero-order chi connectivity index (χ0) is 31.6. The molecule has 224 valence electrons. The van der Waals surface area contributed by atoms with Crippen LogP contribution < -0.4 is 4.90 Å². The second kappa shape index (κ2) is 10.6. The van der Waals surface area contributed by atoms with Crippen molar-refractivity contribution in [3.05, 3.63) is 176 Å². The molecular weight excluding hydrogens is 583 g/mol. The zero-order valence-corrected chi connectivity index (χ0v) is 26.1. The molecular formula is C46H29NO. The maximum atomic E-state index is 6.41. The summed E-state index contributed by atoms with van der Waals surface area (Å²) >= 11 is 0. The van der Waals surface area contributed by atoms with Crippen molar-refractivity contribution in [2.24, 2.45) is 0 Å². The molecule has 48 heavy (non-hydrogen) atoms. The predicted molar refractivity (Wildman–Crippen MR) is 204 cm³/mol. The van der Waals surface area contributed by atoms with Crippen molar-refractivity contribution in [1.29, 1.82) is 0 Å². The summed E-state index contributed by atoms with van der Waals surface area (Å²) in [4.78, 5) is 2.42. The molecule has 0 atom stereocenters. The number of benzene rings is 9. The minimum atomic E-state index is 0.877. The van der Waals surface area contributed by atoms with Gasteiger partial charge in [-0.1, -0.05) is 140 Å². The number of nitrogens with zero attached hydrogens (tertiary/aromatic N) is 1. The molecule has 0 amide bonds. The highest BCUT2D eigenvalue weighted by atomic mass is 16.3. The third kappa shape index (κ3) is 4.06. The molecule has 0 spiro atoms. The minimum absolute atomic E-state index is 0.877. The average molecular weight is 612 g/mol. The van der Waals surface area contributed by atoms with E-state index < -0.39 is 0 Å². The molecule has 0 aliphatic carbocycles. The van der Waals surface area contributed by atoms with E-state index >= 15 is 0 Å². The van der Waals surface area contributed by atoms with Crippen LogP contribution in [0, 0.1) is 0 Å². The van der Waals surface area contributed by atoms with E-state index in [-0.39, 0.29) is 0 Å². The molecule has 0 unspecified atom stereocenters. The van der Waals surface area contributed by atoms with Gasteiger partial charge in [0.15, 0.2) is 0 Å². The Labute approximate surface area is 277 Å². The number of rotatable bonds is 4. The lowest BCUT2D eigenvalue weighted by atomic mass is 9.94. The zero-order valence-electron chi connectivity index (χ0n) is 26.1. The number of furan rings is 1. The van der Waals surface area contributed by atoms with Gasteiger partial charge in [-0.2, -0.15) is 0 Å². The van der Waals surface area contributed by atoms with Gasteiger partial charge in [0.05, 0.1) is 16.8 Å². The van der Waals surface area contributed by atoms with Crippen LogP contribution in [0.15, 0.2) is 180 Å². The molecule has 2 nitrogen and oxygen atoms in total. The van der Waals surface area contributed by atoms with Gasteiger partial charge in [-0.15, -0.1) is 0 Å². The Morgan fingerprint density at radius 1 is 0.354 bits per heavy atom. The van der Waals surface area contributed by atoms with E-state index in [0.29, 0.717) is 0 Å². The third-order valence-corrected chi connectivity index (χ3v) is 9.81. The topological polar surface area (TPSA) is 16.4 Å². The van der Waals surface area contributed by atoms with Gasteiger partial charge < -0.3 is 9.32 Å². The van der Waals surface area contributed by atoms with Crippen LogP contribution in [0.1, 0.15) is 0 Å². The molecule has 0 radical (unpaired) electrons. The molecule has 0 N–H and O–H groups in total.